The monoisotopic (exact) mass is 366 g/mol. The second kappa shape index (κ2) is 8.28. The third-order valence-electron chi connectivity index (χ3n) is 3.71. The first-order valence-corrected chi connectivity index (χ1v) is 9.42. The maximum absolute atomic E-state index is 12.4. The van der Waals surface area contributed by atoms with Crippen molar-refractivity contribution in [2.75, 3.05) is 11.9 Å². The van der Waals surface area contributed by atoms with Crippen LogP contribution in [0.25, 0.3) is 0 Å². The van der Waals surface area contributed by atoms with Gasteiger partial charge in [-0.1, -0.05) is 6.92 Å². The molecule has 2 aromatic rings. The van der Waals surface area contributed by atoms with Crippen LogP contribution in [-0.2, 0) is 14.8 Å². The van der Waals surface area contributed by atoms with Crippen LogP contribution in [-0.4, -0.2) is 26.0 Å². The summed E-state index contributed by atoms with van der Waals surface area (Å²) in [6.45, 7) is 3.49. The summed E-state index contributed by atoms with van der Waals surface area (Å²) in [6.07, 6.45) is 2.65. The third kappa shape index (κ3) is 5.15. The standard InChI is InChI=1S/C17H22N2O5S/c1-3-17(21)19-14-4-5-16(12(2)10-14)25(22,23)18-8-6-15(20)13-7-9-24-11-13/h4-5,7,9-11,15,18,20H,3,6,8H2,1-2H3,(H,19,21)/t15-/m1/s1. The number of nitrogens with one attached hydrogen (secondary N) is 2. The van der Waals surface area contributed by atoms with Gasteiger partial charge in [0.15, 0.2) is 0 Å². The summed E-state index contributed by atoms with van der Waals surface area (Å²) in [6, 6.07) is 6.25. The van der Waals surface area contributed by atoms with Gasteiger partial charge in [0.1, 0.15) is 0 Å². The Labute approximate surface area is 147 Å². The van der Waals surface area contributed by atoms with Gasteiger partial charge in [-0.15, -0.1) is 0 Å². The molecule has 0 aliphatic carbocycles. The van der Waals surface area contributed by atoms with Crippen molar-refractivity contribution in [2.45, 2.75) is 37.7 Å². The van der Waals surface area contributed by atoms with Gasteiger partial charge in [0.25, 0.3) is 0 Å². The lowest BCUT2D eigenvalue weighted by Crippen LogP contribution is -2.26. The minimum absolute atomic E-state index is 0.0858. The van der Waals surface area contributed by atoms with E-state index in [9.17, 15) is 18.3 Å². The summed E-state index contributed by atoms with van der Waals surface area (Å²) in [4.78, 5) is 11.5. The fraction of sp³-hybridized carbons (Fsp3) is 0.353. The van der Waals surface area contributed by atoms with Crippen molar-refractivity contribution in [3.8, 4) is 0 Å². The molecule has 0 unspecified atom stereocenters. The molecule has 1 amide bonds. The highest BCUT2D eigenvalue weighted by molar-refractivity contribution is 7.89. The summed E-state index contributed by atoms with van der Waals surface area (Å²) in [7, 11) is -3.70. The quantitative estimate of drug-likeness (QED) is 0.664. The Bertz CT molecular complexity index is 816. The maximum Gasteiger partial charge on any atom is 0.240 e. The Morgan fingerprint density at radius 3 is 2.68 bits per heavy atom. The smallest absolute Gasteiger partial charge is 0.240 e. The Hall–Kier alpha value is -2.16. The molecule has 136 valence electrons. The molecule has 1 aromatic heterocycles. The van der Waals surface area contributed by atoms with Crippen LogP contribution in [0.5, 0.6) is 0 Å². The number of carbonyl (C=O) groups is 1. The number of aryl methyl sites for hydroxylation is 1. The first kappa shape index (κ1) is 19.2. The summed E-state index contributed by atoms with van der Waals surface area (Å²) in [5.74, 6) is -0.138. The van der Waals surface area contributed by atoms with Crippen LogP contribution < -0.4 is 10.0 Å². The molecule has 0 aliphatic heterocycles. The lowest BCUT2D eigenvalue weighted by molar-refractivity contribution is -0.115. The highest BCUT2D eigenvalue weighted by Gasteiger charge is 2.18. The molecule has 0 spiro atoms. The van der Waals surface area contributed by atoms with Gasteiger partial charge in [-0.25, -0.2) is 13.1 Å². The largest absolute Gasteiger partial charge is 0.472 e. The van der Waals surface area contributed by atoms with Gasteiger partial charge in [-0.3, -0.25) is 4.79 Å². The predicted molar refractivity (Wildman–Crippen MR) is 93.6 cm³/mol. The van der Waals surface area contributed by atoms with Crippen molar-refractivity contribution in [2.24, 2.45) is 0 Å². The second-order valence-corrected chi connectivity index (χ2v) is 7.38. The minimum atomic E-state index is -3.70. The van der Waals surface area contributed by atoms with Crippen LogP contribution in [0, 0.1) is 6.92 Å². The number of aliphatic hydroxyl groups is 1. The van der Waals surface area contributed by atoms with Crippen molar-refractivity contribution in [3.05, 3.63) is 47.9 Å². The van der Waals surface area contributed by atoms with E-state index in [0.29, 0.717) is 23.2 Å². The van der Waals surface area contributed by atoms with Crippen LogP contribution in [0.2, 0.25) is 0 Å². The van der Waals surface area contributed by atoms with E-state index in [1.807, 2.05) is 0 Å². The van der Waals surface area contributed by atoms with E-state index in [4.69, 9.17) is 4.42 Å². The Kier molecular flexibility index (Phi) is 6.35. The highest BCUT2D eigenvalue weighted by Crippen LogP contribution is 2.21. The van der Waals surface area contributed by atoms with Gasteiger partial charge in [0.2, 0.25) is 15.9 Å². The molecule has 8 heteroatoms. The maximum atomic E-state index is 12.4. The number of benzene rings is 1. The van der Waals surface area contributed by atoms with Crippen LogP contribution in [0.1, 0.15) is 37.0 Å². The minimum Gasteiger partial charge on any atom is -0.472 e. The molecule has 7 nitrogen and oxygen atoms in total. The first-order valence-electron chi connectivity index (χ1n) is 7.94. The molecular weight excluding hydrogens is 344 g/mol. The number of aliphatic hydroxyl groups excluding tert-OH is 1. The number of anilines is 1. The average molecular weight is 366 g/mol. The number of amides is 1. The van der Waals surface area contributed by atoms with Crippen molar-refractivity contribution >= 4 is 21.6 Å². The van der Waals surface area contributed by atoms with Crippen LogP contribution in [0.15, 0.2) is 46.1 Å². The molecule has 1 aromatic carbocycles. The SMILES string of the molecule is CCC(=O)Nc1ccc(S(=O)(=O)NCC[C@@H](O)c2ccoc2)c(C)c1. The fourth-order valence-corrected chi connectivity index (χ4v) is 3.59. The molecule has 0 fully saturated rings. The van der Waals surface area contributed by atoms with Gasteiger partial charge in [-0.05, 0) is 43.2 Å². The highest BCUT2D eigenvalue weighted by atomic mass is 32.2. The number of rotatable bonds is 8. The number of carbonyl (C=O) groups excluding carboxylic acids is 1. The zero-order valence-electron chi connectivity index (χ0n) is 14.2. The average Bonchev–Trinajstić information content (AvgIpc) is 3.08. The zero-order valence-corrected chi connectivity index (χ0v) is 15.0. The van der Waals surface area contributed by atoms with Crippen LogP contribution >= 0.6 is 0 Å². The van der Waals surface area contributed by atoms with Gasteiger partial charge >= 0.3 is 0 Å². The molecule has 0 radical (unpaired) electrons. The van der Waals surface area contributed by atoms with E-state index < -0.39 is 16.1 Å². The van der Waals surface area contributed by atoms with Crippen molar-refractivity contribution < 1.29 is 22.7 Å². The van der Waals surface area contributed by atoms with Crippen molar-refractivity contribution in [3.63, 3.8) is 0 Å². The van der Waals surface area contributed by atoms with Crippen LogP contribution in [0.3, 0.4) is 0 Å². The molecular formula is C17H22N2O5S. The molecule has 1 heterocycles. The number of hydrogen-bond donors (Lipinski definition) is 3. The first-order chi connectivity index (χ1) is 11.8. The summed E-state index contributed by atoms with van der Waals surface area (Å²) in [5.41, 5.74) is 1.68. The van der Waals surface area contributed by atoms with E-state index in [1.54, 1.807) is 32.0 Å². The normalized spacial score (nSPS) is 12.8. The molecule has 3 N–H and O–H groups in total. The van der Waals surface area contributed by atoms with E-state index in [1.165, 1.54) is 18.6 Å². The van der Waals surface area contributed by atoms with E-state index >= 15 is 0 Å². The van der Waals surface area contributed by atoms with Crippen molar-refractivity contribution in [1.29, 1.82) is 0 Å². The Balaban J connectivity index is 2.00. The molecule has 25 heavy (non-hydrogen) atoms. The fourth-order valence-electron chi connectivity index (χ4n) is 2.32. The summed E-state index contributed by atoms with van der Waals surface area (Å²) in [5, 5.41) is 12.6. The van der Waals surface area contributed by atoms with Crippen LogP contribution in [0.4, 0.5) is 5.69 Å². The lowest BCUT2D eigenvalue weighted by atomic mass is 10.1. The van der Waals surface area contributed by atoms with Gasteiger partial charge in [0, 0.05) is 24.2 Å². The van der Waals surface area contributed by atoms with Gasteiger partial charge < -0.3 is 14.8 Å². The number of furan rings is 1. The molecule has 0 bridgehead atoms. The second-order valence-electron chi connectivity index (χ2n) is 5.64. The Morgan fingerprint density at radius 1 is 1.32 bits per heavy atom. The van der Waals surface area contributed by atoms with E-state index in [2.05, 4.69) is 10.0 Å². The molecule has 2 rings (SSSR count). The summed E-state index contributed by atoms with van der Waals surface area (Å²) < 4.78 is 32.2. The molecule has 0 aliphatic rings. The van der Waals surface area contributed by atoms with E-state index in [0.717, 1.165) is 0 Å². The zero-order chi connectivity index (χ0) is 18.4. The topological polar surface area (TPSA) is 109 Å². The molecule has 0 saturated heterocycles. The van der Waals surface area contributed by atoms with Gasteiger partial charge in [-0.2, -0.15) is 0 Å². The Morgan fingerprint density at radius 2 is 2.08 bits per heavy atom. The van der Waals surface area contributed by atoms with Crippen molar-refractivity contribution in [1.82, 2.24) is 4.72 Å². The van der Waals surface area contributed by atoms with E-state index in [-0.39, 0.29) is 23.8 Å². The number of sulfonamides is 1. The number of hydrogen-bond acceptors (Lipinski definition) is 5. The lowest BCUT2D eigenvalue weighted by Gasteiger charge is -2.13. The van der Waals surface area contributed by atoms with Gasteiger partial charge in [0.05, 0.1) is 23.5 Å². The molecule has 1 atom stereocenters. The predicted octanol–water partition coefficient (Wildman–Crippen LogP) is 2.34. The molecule has 0 saturated carbocycles. The third-order valence-corrected chi connectivity index (χ3v) is 5.33. The summed E-state index contributed by atoms with van der Waals surface area (Å²) >= 11 is 0.